The molecule has 6 nitrogen and oxygen atoms in total. The smallest absolute Gasteiger partial charge is 0.270 e. The van der Waals surface area contributed by atoms with Gasteiger partial charge in [0.15, 0.2) is 0 Å². The molecular formula is C15H15N5O. The number of nitrogens with two attached hydrogens (primary N) is 1. The summed E-state index contributed by atoms with van der Waals surface area (Å²) in [5.74, 6) is 0.273. The van der Waals surface area contributed by atoms with E-state index in [9.17, 15) is 4.79 Å². The van der Waals surface area contributed by atoms with Gasteiger partial charge in [-0.3, -0.25) is 14.8 Å². The van der Waals surface area contributed by atoms with E-state index >= 15 is 0 Å². The molecular weight excluding hydrogens is 266 g/mol. The Labute approximate surface area is 122 Å². The van der Waals surface area contributed by atoms with Crippen LogP contribution in [-0.2, 0) is 7.05 Å². The number of benzene rings is 1. The van der Waals surface area contributed by atoms with Crippen molar-refractivity contribution in [1.82, 2.24) is 4.57 Å². The standard InChI is InChI=1S/C15H15N5O/c1-10-12(8-16)15(21)20(2)14(17)13(10)9-18-19-11-6-4-3-5-7-11/h3-7,9,19H,17H2,1-2H3/b18-9+. The number of hydrogen-bond acceptors (Lipinski definition) is 5. The van der Waals surface area contributed by atoms with Crippen molar-refractivity contribution < 1.29 is 0 Å². The van der Waals surface area contributed by atoms with Crippen molar-refractivity contribution >= 4 is 17.7 Å². The third kappa shape index (κ3) is 2.77. The lowest BCUT2D eigenvalue weighted by molar-refractivity contribution is 0.863. The minimum atomic E-state index is -0.402. The van der Waals surface area contributed by atoms with Gasteiger partial charge in [0.2, 0.25) is 0 Å². The average molecular weight is 281 g/mol. The molecule has 0 aliphatic rings. The summed E-state index contributed by atoms with van der Waals surface area (Å²) in [5.41, 5.74) is 10.4. The summed E-state index contributed by atoms with van der Waals surface area (Å²) in [6.07, 6.45) is 1.51. The first kappa shape index (κ1) is 14.3. The van der Waals surface area contributed by atoms with Crippen molar-refractivity contribution in [1.29, 1.82) is 5.26 Å². The minimum absolute atomic E-state index is 0.0767. The van der Waals surface area contributed by atoms with E-state index in [0.717, 1.165) is 5.69 Å². The van der Waals surface area contributed by atoms with Crippen LogP contribution in [0.1, 0.15) is 16.7 Å². The van der Waals surface area contributed by atoms with E-state index in [1.807, 2.05) is 36.4 Å². The summed E-state index contributed by atoms with van der Waals surface area (Å²) >= 11 is 0. The van der Waals surface area contributed by atoms with Crippen molar-refractivity contribution in [2.45, 2.75) is 6.92 Å². The molecule has 0 amide bonds. The van der Waals surface area contributed by atoms with E-state index in [4.69, 9.17) is 11.0 Å². The monoisotopic (exact) mass is 281 g/mol. The fraction of sp³-hybridized carbons (Fsp3) is 0.133. The molecule has 0 fully saturated rings. The molecule has 6 heteroatoms. The Morgan fingerprint density at radius 1 is 1.38 bits per heavy atom. The molecule has 2 rings (SSSR count). The zero-order chi connectivity index (χ0) is 15.4. The Hall–Kier alpha value is -3.07. The van der Waals surface area contributed by atoms with Gasteiger partial charge in [0.1, 0.15) is 17.5 Å². The molecule has 3 N–H and O–H groups in total. The normalized spacial score (nSPS) is 10.5. The van der Waals surface area contributed by atoms with Gasteiger partial charge in [-0.2, -0.15) is 10.4 Å². The van der Waals surface area contributed by atoms with Gasteiger partial charge in [-0.25, -0.2) is 0 Å². The second-order valence-electron chi connectivity index (χ2n) is 4.51. The van der Waals surface area contributed by atoms with Crippen LogP contribution in [0.5, 0.6) is 0 Å². The largest absolute Gasteiger partial charge is 0.384 e. The number of nitriles is 1. The summed E-state index contributed by atoms with van der Waals surface area (Å²) < 4.78 is 1.25. The molecule has 0 radical (unpaired) electrons. The fourth-order valence-electron chi connectivity index (χ4n) is 1.92. The van der Waals surface area contributed by atoms with Gasteiger partial charge in [0.05, 0.1) is 11.9 Å². The molecule has 0 saturated heterocycles. The molecule has 1 heterocycles. The second kappa shape index (κ2) is 5.92. The topological polar surface area (TPSA) is 96.2 Å². The highest BCUT2D eigenvalue weighted by Crippen LogP contribution is 2.15. The zero-order valence-corrected chi connectivity index (χ0v) is 11.8. The number of anilines is 2. The number of nitrogens with one attached hydrogen (secondary N) is 1. The average Bonchev–Trinajstić information content (AvgIpc) is 2.50. The molecule has 2 aromatic rings. The van der Waals surface area contributed by atoms with E-state index in [0.29, 0.717) is 11.1 Å². The maximum atomic E-state index is 11.9. The van der Waals surface area contributed by atoms with Crippen LogP contribution in [0, 0.1) is 18.3 Å². The van der Waals surface area contributed by atoms with Crippen LogP contribution < -0.4 is 16.7 Å². The molecule has 106 valence electrons. The predicted molar refractivity (Wildman–Crippen MR) is 83.2 cm³/mol. The lowest BCUT2D eigenvalue weighted by Crippen LogP contribution is -2.25. The van der Waals surface area contributed by atoms with E-state index in [1.54, 1.807) is 6.92 Å². The van der Waals surface area contributed by atoms with Gasteiger partial charge in [0.25, 0.3) is 5.56 Å². The summed E-state index contributed by atoms with van der Waals surface area (Å²) in [4.78, 5) is 11.9. The lowest BCUT2D eigenvalue weighted by atomic mass is 10.1. The molecule has 0 spiro atoms. The van der Waals surface area contributed by atoms with Gasteiger partial charge in [0, 0.05) is 12.6 Å². The highest BCUT2D eigenvalue weighted by molar-refractivity contribution is 5.89. The van der Waals surface area contributed by atoms with Gasteiger partial charge in [-0.05, 0) is 24.6 Å². The Morgan fingerprint density at radius 3 is 2.67 bits per heavy atom. The second-order valence-corrected chi connectivity index (χ2v) is 4.51. The number of nitrogens with zero attached hydrogens (tertiary/aromatic N) is 3. The summed E-state index contributed by atoms with van der Waals surface area (Å²) in [6.45, 7) is 1.68. The molecule has 21 heavy (non-hydrogen) atoms. The highest BCUT2D eigenvalue weighted by Gasteiger charge is 2.14. The third-order valence-electron chi connectivity index (χ3n) is 3.21. The Kier molecular flexibility index (Phi) is 4.05. The minimum Gasteiger partial charge on any atom is -0.384 e. The van der Waals surface area contributed by atoms with Crippen molar-refractivity contribution in [2.24, 2.45) is 12.1 Å². The SMILES string of the molecule is Cc1c(/C=N/Nc2ccccc2)c(N)n(C)c(=O)c1C#N. The molecule has 0 bridgehead atoms. The predicted octanol–water partition coefficient (Wildman–Crippen LogP) is 1.59. The number of aromatic nitrogens is 1. The fourth-order valence-corrected chi connectivity index (χ4v) is 1.92. The Morgan fingerprint density at radius 2 is 2.05 bits per heavy atom. The molecule has 1 aromatic carbocycles. The van der Waals surface area contributed by atoms with Crippen molar-refractivity contribution in [3.05, 3.63) is 57.4 Å². The lowest BCUT2D eigenvalue weighted by Gasteiger charge is -2.11. The number of para-hydroxylation sites is 1. The first-order valence-corrected chi connectivity index (χ1v) is 6.29. The number of hydrogen-bond donors (Lipinski definition) is 2. The first-order chi connectivity index (χ1) is 10.1. The van der Waals surface area contributed by atoms with Crippen LogP contribution in [0.15, 0.2) is 40.2 Å². The Balaban J connectivity index is 2.39. The number of hydrazone groups is 1. The van der Waals surface area contributed by atoms with Crippen LogP contribution >= 0.6 is 0 Å². The van der Waals surface area contributed by atoms with E-state index in [-0.39, 0.29) is 11.4 Å². The van der Waals surface area contributed by atoms with E-state index in [1.165, 1.54) is 17.8 Å². The van der Waals surface area contributed by atoms with Gasteiger partial charge < -0.3 is 5.73 Å². The Bertz CT molecular complexity index is 784. The van der Waals surface area contributed by atoms with Crippen LogP contribution in [0.4, 0.5) is 11.5 Å². The van der Waals surface area contributed by atoms with Crippen molar-refractivity contribution in [2.75, 3.05) is 11.2 Å². The zero-order valence-electron chi connectivity index (χ0n) is 11.8. The number of rotatable bonds is 3. The molecule has 0 atom stereocenters. The summed E-state index contributed by atoms with van der Waals surface area (Å²) in [7, 11) is 1.53. The molecule has 0 saturated carbocycles. The van der Waals surface area contributed by atoms with E-state index < -0.39 is 5.56 Å². The van der Waals surface area contributed by atoms with Crippen molar-refractivity contribution in [3.63, 3.8) is 0 Å². The van der Waals surface area contributed by atoms with Crippen molar-refractivity contribution in [3.8, 4) is 6.07 Å². The highest BCUT2D eigenvalue weighted by atomic mass is 16.1. The molecule has 0 unspecified atom stereocenters. The number of nitrogen functional groups attached to an aromatic ring is 1. The van der Waals surface area contributed by atoms with E-state index in [2.05, 4.69) is 10.5 Å². The summed E-state index contributed by atoms with van der Waals surface area (Å²) in [5, 5.41) is 13.2. The van der Waals surface area contributed by atoms with Gasteiger partial charge >= 0.3 is 0 Å². The maximum absolute atomic E-state index is 11.9. The van der Waals surface area contributed by atoms with Gasteiger partial charge in [-0.15, -0.1) is 0 Å². The number of pyridine rings is 1. The van der Waals surface area contributed by atoms with Crippen LogP contribution in [0.2, 0.25) is 0 Å². The van der Waals surface area contributed by atoms with Gasteiger partial charge in [-0.1, -0.05) is 18.2 Å². The first-order valence-electron chi connectivity index (χ1n) is 6.29. The van der Waals surface area contributed by atoms with Crippen LogP contribution in [-0.4, -0.2) is 10.8 Å². The van der Waals surface area contributed by atoms with Crippen LogP contribution in [0.3, 0.4) is 0 Å². The quantitative estimate of drug-likeness (QED) is 0.659. The molecule has 1 aromatic heterocycles. The molecule has 0 aliphatic carbocycles. The summed E-state index contributed by atoms with van der Waals surface area (Å²) in [6, 6.07) is 11.3. The van der Waals surface area contributed by atoms with Crippen LogP contribution in [0.25, 0.3) is 0 Å². The molecule has 0 aliphatic heterocycles. The maximum Gasteiger partial charge on any atom is 0.270 e. The third-order valence-corrected chi connectivity index (χ3v) is 3.21.